The van der Waals surface area contributed by atoms with Gasteiger partial charge in [0.2, 0.25) is 0 Å². The van der Waals surface area contributed by atoms with Gasteiger partial charge in [-0.05, 0) is 72.9 Å². The van der Waals surface area contributed by atoms with Crippen LogP contribution in [0, 0.1) is 0 Å². The number of benzene rings is 1. The molecule has 0 saturated carbocycles. The number of hydrogen-bond acceptors (Lipinski definition) is 3. The molecule has 1 aromatic rings. The summed E-state index contributed by atoms with van der Waals surface area (Å²) in [4.78, 5) is 1.52. The highest BCUT2D eigenvalue weighted by atomic mass is 32.2. The third kappa shape index (κ3) is 6.03. The zero-order valence-corrected chi connectivity index (χ0v) is 18.1. The fourth-order valence-electron chi connectivity index (χ4n) is 2.93. The first-order chi connectivity index (χ1) is 12.4. The van der Waals surface area contributed by atoms with Gasteiger partial charge >= 0.3 is 0 Å². The summed E-state index contributed by atoms with van der Waals surface area (Å²) in [6.07, 6.45) is 12.7. The van der Waals surface area contributed by atoms with Gasteiger partial charge in [-0.3, -0.25) is 0 Å². The van der Waals surface area contributed by atoms with Crippen LogP contribution in [0.2, 0.25) is 0 Å². The Kier molecular flexibility index (Phi) is 9.17. The molecule has 0 radical (unpaired) electrons. The number of sulfone groups is 1. The van der Waals surface area contributed by atoms with Crippen molar-refractivity contribution in [1.29, 1.82) is 0 Å². The first kappa shape index (κ1) is 22.5. The van der Waals surface area contributed by atoms with E-state index in [2.05, 4.69) is 25.7 Å². The molecule has 2 rings (SSSR count). The van der Waals surface area contributed by atoms with E-state index < -0.39 is 9.84 Å². The van der Waals surface area contributed by atoms with Crippen LogP contribution in [0.4, 0.5) is 0 Å². The highest BCUT2D eigenvalue weighted by Gasteiger charge is 2.17. The second-order valence-corrected chi connectivity index (χ2v) is 8.83. The van der Waals surface area contributed by atoms with E-state index in [1.54, 1.807) is 23.9 Å². The molecule has 142 valence electrons. The monoisotopic (exact) mass is 390 g/mol. The highest BCUT2D eigenvalue weighted by molar-refractivity contribution is 8.02. The molecular weight excluding hydrogens is 360 g/mol. The van der Waals surface area contributed by atoms with Gasteiger partial charge in [0.1, 0.15) is 0 Å². The number of thioether (sulfide) groups is 1. The molecule has 1 aromatic carbocycles. The molecule has 0 fully saturated rings. The molecule has 0 bridgehead atoms. The minimum absolute atomic E-state index is 0.372. The second-order valence-electron chi connectivity index (χ2n) is 5.93. The van der Waals surface area contributed by atoms with Crippen molar-refractivity contribution in [3.05, 3.63) is 70.7 Å². The quantitative estimate of drug-likeness (QED) is 0.525. The Bertz CT molecular complexity index is 808. The fourth-order valence-corrected chi connectivity index (χ4v) is 3.93. The van der Waals surface area contributed by atoms with Crippen molar-refractivity contribution < 1.29 is 8.42 Å². The van der Waals surface area contributed by atoms with Crippen molar-refractivity contribution in [2.24, 2.45) is 0 Å². The van der Waals surface area contributed by atoms with Gasteiger partial charge in [0.15, 0.2) is 9.84 Å². The number of allylic oxidation sites excluding steroid dienone is 6. The van der Waals surface area contributed by atoms with E-state index in [4.69, 9.17) is 0 Å². The summed E-state index contributed by atoms with van der Waals surface area (Å²) in [5.74, 6) is 0. The van der Waals surface area contributed by atoms with E-state index in [0.717, 1.165) is 29.7 Å². The van der Waals surface area contributed by atoms with Gasteiger partial charge in [0.25, 0.3) is 0 Å². The van der Waals surface area contributed by atoms with Crippen LogP contribution in [0.5, 0.6) is 0 Å². The van der Waals surface area contributed by atoms with Gasteiger partial charge < -0.3 is 0 Å². The van der Waals surface area contributed by atoms with Crippen molar-refractivity contribution in [3.63, 3.8) is 0 Å². The van der Waals surface area contributed by atoms with E-state index >= 15 is 0 Å². The van der Waals surface area contributed by atoms with E-state index in [0.29, 0.717) is 4.90 Å². The SMILES string of the molecule is C=C/C(=C\C=C(/C)C1=C(c2ccc(S(C)(=O)=O)cc2)CCC1)SC.CC. The maximum Gasteiger partial charge on any atom is 0.175 e. The molecule has 0 unspecified atom stereocenters. The maximum atomic E-state index is 11.6. The van der Waals surface area contributed by atoms with Crippen LogP contribution in [0.25, 0.3) is 5.57 Å². The molecular formula is C22H30O2S2. The van der Waals surface area contributed by atoms with E-state index in [-0.39, 0.29) is 0 Å². The zero-order chi connectivity index (χ0) is 19.7. The molecule has 0 saturated heterocycles. The molecule has 0 aromatic heterocycles. The predicted molar refractivity (Wildman–Crippen MR) is 117 cm³/mol. The summed E-state index contributed by atoms with van der Waals surface area (Å²) in [6, 6.07) is 7.26. The minimum atomic E-state index is -3.14. The average molecular weight is 391 g/mol. The normalized spacial score (nSPS) is 15.6. The van der Waals surface area contributed by atoms with Crippen LogP contribution in [0.15, 0.2) is 70.0 Å². The summed E-state index contributed by atoms with van der Waals surface area (Å²) >= 11 is 1.68. The lowest BCUT2D eigenvalue weighted by Gasteiger charge is -2.09. The largest absolute Gasteiger partial charge is 0.224 e. The lowest BCUT2D eigenvalue weighted by atomic mass is 9.97. The smallest absolute Gasteiger partial charge is 0.175 e. The van der Waals surface area contributed by atoms with Crippen molar-refractivity contribution in [1.82, 2.24) is 0 Å². The Morgan fingerprint density at radius 1 is 1.12 bits per heavy atom. The molecule has 0 N–H and O–H groups in total. The summed E-state index contributed by atoms with van der Waals surface area (Å²) in [5.41, 5.74) is 5.10. The summed E-state index contributed by atoms with van der Waals surface area (Å²) < 4.78 is 23.2. The molecule has 1 aliphatic carbocycles. The van der Waals surface area contributed by atoms with E-state index in [1.165, 1.54) is 23.0 Å². The van der Waals surface area contributed by atoms with E-state index in [9.17, 15) is 8.42 Å². The Labute approximate surface area is 163 Å². The molecule has 4 heteroatoms. The minimum Gasteiger partial charge on any atom is -0.224 e. The zero-order valence-electron chi connectivity index (χ0n) is 16.5. The molecule has 0 spiro atoms. The van der Waals surface area contributed by atoms with Crippen LogP contribution in [-0.4, -0.2) is 20.9 Å². The van der Waals surface area contributed by atoms with Crippen LogP contribution in [0.1, 0.15) is 45.6 Å². The average Bonchev–Trinajstić information content (AvgIpc) is 3.13. The summed E-state index contributed by atoms with van der Waals surface area (Å²) in [5, 5.41) is 0. The predicted octanol–water partition coefficient (Wildman–Crippen LogP) is 6.43. The molecule has 0 aliphatic heterocycles. The Morgan fingerprint density at radius 3 is 2.23 bits per heavy atom. The third-order valence-electron chi connectivity index (χ3n) is 4.26. The molecule has 1 aliphatic rings. The lowest BCUT2D eigenvalue weighted by molar-refractivity contribution is 0.602. The summed E-state index contributed by atoms with van der Waals surface area (Å²) in [7, 11) is -3.14. The molecule has 2 nitrogen and oxygen atoms in total. The Hall–Kier alpha value is -1.52. The third-order valence-corrected chi connectivity index (χ3v) is 6.16. The molecule has 0 heterocycles. The molecule has 26 heavy (non-hydrogen) atoms. The summed E-state index contributed by atoms with van der Waals surface area (Å²) in [6.45, 7) is 9.96. The van der Waals surface area contributed by atoms with Gasteiger partial charge in [-0.2, -0.15) is 0 Å². The first-order valence-corrected chi connectivity index (χ1v) is 12.1. The van der Waals surface area contributed by atoms with Crippen LogP contribution >= 0.6 is 11.8 Å². The van der Waals surface area contributed by atoms with Crippen molar-refractivity contribution in [2.45, 2.75) is 44.9 Å². The standard InChI is InChI=1S/C20H24O2S2.C2H6/c1-5-17(23-3)12-9-15(2)19-7-6-8-20(19)16-10-13-18(14-11-16)24(4,21)22;1-2/h5,9-14H,1,6-8H2,2-4H3;1-2H3/b15-9+,17-12+;. The van der Waals surface area contributed by atoms with Crippen molar-refractivity contribution in [3.8, 4) is 0 Å². The van der Waals surface area contributed by atoms with Crippen LogP contribution in [-0.2, 0) is 9.84 Å². The van der Waals surface area contributed by atoms with Gasteiger partial charge in [-0.25, -0.2) is 8.42 Å². The molecule has 0 amide bonds. The molecule has 0 atom stereocenters. The van der Waals surface area contributed by atoms with Gasteiger partial charge in [0.05, 0.1) is 4.90 Å². The van der Waals surface area contributed by atoms with Crippen molar-refractivity contribution >= 4 is 27.2 Å². The van der Waals surface area contributed by atoms with Gasteiger partial charge in [-0.1, -0.05) is 44.7 Å². The van der Waals surface area contributed by atoms with Crippen molar-refractivity contribution in [2.75, 3.05) is 12.5 Å². The van der Waals surface area contributed by atoms with E-state index in [1.807, 2.05) is 38.3 Å². The van der Waals surface area contributed by atoms with Crippen LogP contribution < -0.4 is 0 Å². The number of hydrogen-bond donors (Lipinski definition) is 0. The maximum absolute atomic E-state index is 11.6. The van der Waals surface area contributed by atoms with Gasteiger partial charge in [0, 0.05) is 11.2 Å². The second kappa shape index (κ2) is 10.6. The van der Waals surface area contributed by atoms with Crippen LogP contribution in [0.3, 0.4) is 0 Å². The Balaban J connectivity index is 0.00000163. The Morgan fingerprint density at radius 2 is 1.73 bits per heavy atom. The highest BCUT2D eigenvalue weighted by Crippen LogP contribution is 2.38. The topological polar surface area (TPSA) is 34.1 Å². The lowest BCUT2D eigenvalue weighted by Crippen LogP contribution is -1.97. The van der Waals surface area contributed by atoms with Gasteiger partial charge in [-0.15, -0.1) is 11.8 Å². The number of rotatable bonds is 6. The first-order valence-electron chi connectivity index (χ1n) is 8.94. The fraction of sp³-hybridized carbons (Fsp3) is 0.364.